The average Bonchev–Trinajstić information content (AvgIpc) is 3.01. The van der Waals surface area contributed by atoms with E-state index in [0.717, 1.165) is 6.26 Å². The zero-order valence-electron chi connectivity index (χ0n) is 25.4. The number of nitrogens with two attached hydrogens (primary N) is 2. The van der Waals surface area contributed by atoms with Crippen LogP contribution in [0.5, 0.6) is 0 Å². The zero-order chi connectivity index (χ0) is 33.9. The molecule has 0 aromatic heterocycles. The maximum Gasteiger partial charge on any atom is 0.252 e. The van der Waals surface area contributed by atoms with Crippen molar-refractivity contribution < 1.29 is 69.7 Å². The molecule has 2 aliphatic carbocycles. The molecule has 266 valence electrons. The molecular formula is C27H49N5O14. The SMILES string of the molecule is CN[C@H]1/C(=C\O)CO[C@H](O[C@H]2[C@H](NC(=O)C3(O)CC(N)C3)C[C@H](N)C(O[C@H]3O[C@H](CNCC(O)CO)[C@@H](O)[C@H](O)[C@H]3O)[C@@H]2O)[C@@H]1O. The predicted octanol–water partition coefficient (Wildman–Crippen LogP) is -7.32. The normalized spacial score (nSPS) is 46.5. The van der Waals surface area contributed by atoms with Crippen LogP contribution in [0.2, 0.25) is 0 Å². The lowest BCUT2D eigenvalue weighted by atomic mass is 9.75. The smallest absolute Gasteiger partial charge is 0.252 e. The van der Waals surface area contributed by atoms with Gasteiger partial charge in [-0.25, -0.2) is 0 Å². The topological polar surface area (TPSA) is 324 Å². The highest BCUT2D eigenvalue weighted by Gasteiger charge is 2.54. The second-order valence-corrected chi connectivity index (χ2v) is 12.5. The Morgan fingerprint density at radius 3 is 2.33 bits per heavy atom. The monoisotopic (exact) mass is 667 g/mol. The molecule has 0 spiro atoms. The lowest BCUT2D eigenvalue weighted by Crippen LogP contribution is -2.70. The van der Waals surface area contributed by atoms with Crippen molar-refractivity contribution in [3.05, 3.63) is 11.8 Å². The minimum atomic E-state index is -1.79. The second kappa shape index (κ2) is 15.7. The van der Waals surface area contributed by atoms with Crippen LogP contribution in [-0.4, -0.2) is 183 Å². The molecule has 16 N–H and O–H groups in total. The predicted molar refractivity (Wildman–Crippen MR) is 154 cm³/mol. The Labute approximate surface area is 265 Å². The number of carbonyl (C=O) groups excluding carboxylic acids is 1. The van der Waals surface area contributed by atoms with Gasteiger partial charge in [-0.3, -0.25) is 4.79 Å². The summed E-state index contributed by atoms with van der Waals surface area (Å²) < 4.78 is 23.3. The van der Waals surface area contributed by atoms with Crippen LogP contribution in [0, 0.1) is 0 Å². The summed E-state index contributed by atoms with van der Waals surface area (Å²) in [5.41, 5.74) is 10.8. The molecule has 4 fully saturated rings. The minimum absolute atomic E-state index is 0.0159. The zero-order valence-corrected chi connectivity index (χ0v) is 25.4. The molecular weight excluding hydrogens is 618 g/mol. The molecule has 0 radical (unpaired) electrons. The first-order valence-corrected chi connectivity index (χ1v) is 15.3. The quantitative estimate of drug-likeness (QED) is 0.0859. The van der Waals surface area contributed by atoms with Crippen LogP contribution in [0.4, 0.5) is 0 Å². The number of hydrogen-bond donors (Lipinski definition) is 14. The summed E-state index contributed by atoms with van der Waals surface area (Å²) in [6, 6.07) is -3.24. The van der Waals surface area contributed by atoms with Gasteiger partial charge in [-0.15, -0.1) is 0 Å². The van der Waals surface area contributed by atoms with Crippen molar-refractivity contribution in [2.24, 2.45) is 11.5 Å². The van der Waals surface area contributed by atoms with Crippen LogP contribution >= 0.6 is 0 Å². The highest BCUT2D eigenvalue weighted by atomic mass is 16.7. The van der Waals surface area contributed by atoms with E-state index in [9.17, 15) is 45.6 Å². The number of nitrogens with one attached hydrogen (secondary N) is 3. The van der Waals surface area contributed by atoms with E-state index in [4.69, 9.17) is 35.5 Å². The van der Waals surface area contributed by atoms with Crippen LogP contribution in [0.1, 0.15) is 19.3 Å². The minimum Gasteiger partial charge on any atom is -0.515 e. The number of aliphatic hydroxyl groups excluding tert-OH is 8. The Morgan fingerprint density at radius 2 is 1.72 bits per heavy atom. The van der Waals surface area contributed by atoms with E-state index < -0.39 is 104 Å². The van der Waals surface area contributed by atoms with Crippen LogP contribution in [0.15, 0.2) is 11.8 Å². The van der Waals surface area contributed by atoms with E-state index in [0.29, 0.717) is 5.57 Å². The maximum absolute atomic E-state index is 13.1. The summed E-state index contributed by atoms with van der Waals surface area (Å²) in [6.45, 7) is -0.845. The molecule has 2 heterocycles. The number of rotatable bonds is 12. The Morgan fingerprint density at radius 1 is 1.04 bits per heavy atom. The van der Waals surface area contributed by atoms with Gasteiger partial charge in [0, 0.05) is 43.6 Å². The van der Waals surface area contributed by atoms with Crippen LogP contribution < -0.4 is 27.4 Å². The third-order valence-corrected chi connectivity index (χ3v) is 9.05. The van der Waals surface area contributed by atoms with Crippen molar-refractivity contribution in [1.82, 2.24) is 16.0 Å². The number of likely N-dealkylation sites (N-methyl/N-ethyl adjacent to an activating group) is 1. The lowest BCUT2D eigenvalue weighted by Gasteiger charge is -2.49. The van der Waals surface area contributed by atoms with Gasteiger partial charge in [-0.2, -0.15) is 0 Å². The number of carbonyl (C=O) groups is 1. The third-order valence-electron chi connectivity index (χ3n) is 9.05. The van der Waals surface area contributed by atoms with Gasteiger partial charge in [0.25, 0.3) is 5.91 Å². The molecule has 2 unspecified atom stereocenters. The Balaban J connectivity index is 1.52. The van der Waals surface area contributed by atoms with Crippen LogP contribution in [0.3, 0.4) is 0 Å². The molecule has 2 aliphatic heterocycles. The maximum atomic E-state index is 13.1. The molecule has 14 atom stereocenters. The second-order valence-electron chi connectivity index (χ2n) is 12.5. The molecule has 4 rings (SSSR count). The van der Waals surface area contributed by atoms with E-state index in [1.807, 2.05) is 0 Å². The molecule has 46 heavy (non-hydrogen) atoms. The van der Waals surface area contributed by atoms with E-state index >= 15 is 0 Å². The van der Waals surface area contributed by atoms with Gasteiger partial charge in [0.2, 0.25) is 0 Å². The summed E-state index contributed by atoms with van der Waals surface area (Å²) in [6.07, 6.45) is -15.4. The van der Waals surface area contributed by atoms with Gasteiger partial charge in [0.05, 0.1) is 37.7 Å². The summed E-state index contributed by atoms with van der Waals surface area (Å²) in [4.78, 5) is 13.1. The largest absolute Gasteiger partial charge is 0.515 e. The molecule has 1 amide bonds. The van der Waals surface area contributed by atoms with Gasteiger partial charge in [-0.1, -0.05) is 0 Å². The highest BCUT2D eigenvalue weighted by Crippen LogP contribution is 2.34. The van der Waals surface area contributed by atoms with E-state index in [1.165, 1.54) is 0 Å². The Hall–Kier alpha value is -1.63. The van der Waals surface area contributed by atoms with Gasteiger partial charge >= 0.3 is 0 Å². The van der Waals surface area contributed by atoms with Gasteiger partial charge in [0.15, 0.2) is 12.6 Å². The standard InChI is InChI=1S/C27H49N5O14/c1-30-16-10(7-33)9-43-24(18(16)37)46-23-14(32-26(41)27(42)3-11(28)4-27)2-13(29)22(21(23)40)45-25-20(39)19(38)17(36)15(44-25)6-31-5-12(35)8-34/h7,11-25,30-31,33-40,42H,2-6,8-9,28-29H2,1H3,(H,32,41)/b10-7-/t11?,12?,13-,14+,15+,16-,17+,18+,19-,20+,21-,22?,23-,24+,25+,27?/m0/s1. The molecule has 19 nitrogen and oxygen atoms in total. The van der Waals surface area contributed by atoms with E-state index in [1.54, 1.807) is 7.05 Å². The Bertz CT molecular complexity index is 1040. The summed E-state index contributed by atoms with van der Waals surface area (Å²) in [5.74, 6) is -0.764. The van der Waals surface area contributed by atoms with Gasteiger partial charge in [0.1, 0.15) is 54.4 Å². The molecule has 2 saturated heterocycles. The van der Waals surface area contributed by atoms with Crippen LogP contribution in [0.25, 0.3) is 0 Å². The fourth-order valence-corrected chi connectivity index (χ4v) is 6.33. The number of amides is 1. The van der Waals surface area contributed by atoms with Crippen molar-refractivity contribution in [3.8, 4) is 0 Å². The van der Waals surface area contributed by atoms with Crippen molar-refractivity contribution in [2.75, 3.05) is 33.4 Å². The summed E-state index contributed by atoms with van der Waals surface area (Å²) >= 11 is 0. The molecule has 0 aromatic carbocycles. The van der Waals surface area contributed by atoms with Crippen molar-refractivity contribution in [2.45, 2.75) is 117 Å². The third kappa shape index (κ3) is 7.97. The fraction of sp³-hybridized carbons (Fsp3) is 0.889. The number of aliphatic hydroxyl groups is 9. The summed E-state index contributed by atoms with van der Waals surface area (Å²) in [7, 11) is 1.55. The fourth-order valence-electron chi connectivity index (χ4n) is 6.33. The lowest BCUT2D eigenvalue weighted by molar-refractivity contribution is -0.326. The Kier molecular flexibility index (Phi) is 12.7. The van der Waals surface area contributed by atoms with Crippen molar-refractivity contribution in [3.63, 3.8) is 0 Å². The van der Waals surface area contributed by atoms with Crippen LogP contribution in [-0.2, 0) is 23.7 Å². The van der Waals surface area contributed by atoms with Gasteiger partial charge < -0.3 is 92.3 Å². The van der Waals surface area contributed by atoms with E-state index in [-0.39, 0.29) is 45.0 Å². The summed E-state index contributed by atoms with van der Waals surface area (Å²) in [5, 5.41) is 101. The molecule has 0 bridgehead atoms. The molecule has 0 aromatic rings. The molecule has 2 saturated carbocycles. The molecule has 4 aliphatic rings. The molecule has 19 heteroatoms. The van der Waals surface area contributed by atoms with Crippen molar-refractivity contribution in [1.29, 1.82) is 0 Å². The average molecular weight is 668 g/mol. The van der Waals surface area contributed by atoms with Gasteiger partial charge in [-0.05, 0) is 13.5 Å². The number of hydrogen-bond acceptors (Lipinski definition) is 18. The first kappa shape index (κ1) is 37.2. The first-order valence-electron chi connectivity index (χ1n) is 15.3. The highest BCUT2D eigenvalue weighted by molar-refractivity contribution is 5.86. The first-order chi connectivity index (χ1) is 21.7. The van der Waals surface area contributed by atoms with E-state index in [2.05, 4.69) is 16.0 Å². The number of ether oxygens (including phenoxy) is 4. The van der Waals surface area contributed by atoms with Crippen molar-refractivity contribution >= 4 is 5.91 Å².